The molecule has 6 nitrogen and oxygen atoms in total. The molecule has 3 aliphatic rings. The number of imide groups is 1. The Hall–Kier alpha value is -1.60. The van der Waals surface area contributed by atoms with Gasteiger partial charge in [-0.15, -0.1) is 0 Å². The molecule has 1 aromatic rings. The summed E-state index contributed by atoms with van der Waals surface area (Å²) in [5.41, 5.74) is 1.31. The second kappa shape index (κ2) is 11.0. The predicted octanol–water partition coefficient (Wildman–Crippen LogP) is 4.75. The molecular weight excluding hydrogens is 470 g/mol. The van der Waals surface area contributed by atoms with Crippen molar-refractivity contribution in [1.82, 2.24) is 15.1 Å². The molecule has 3 amide bonds. The number of amides is 3. The van der Waals surface area contributed by atoms with E-state index < -0.39 is 0 Å². The Bertz CT molecular complexity index is 786. The van der Waals surface area contributed by atoms with Crippen molar-refractivity contribution in [3.63, 3.8) is 0 Å². The van der Waals surface area contributed by atoms with E-state index in [1.54, 1.807) is 7.11 Å². The number of urea groups is 1. The molecule has 0 spiro atoms. The molecule has 0 aromatic heterocycles. The number of rotatable bonds is 7. The first-order valence-electron chi connectivity index (χ1n) is 12.2. The summed E-state index contributed by atoms with van der Waals surface area (Å²) in [7, 11) is 1.71. The van der Waals surface area contributed by atoms with Crippen LogP contribution >= 0.6 is 15.9 Å². The topological polar surface area (TPSA) is 61.9 Å². The summed E-state index contributed by atoms with van der Waals surface area (Å²) in [4.78, 5) is 29.3. The number of methoxy groups -OCH3 is 1. The highest BCUT2D eigenvalue weighted by molar-refractivity contribution is 9.10. The number of hydrogen-bond donors (Lipinski definition) is 1. The molecule has 2 aliphatic heterocycles. The highest BCUT2D eigenvalue weighted by Gasteiger charge is 2.37. The van der Waals surface area contributed by atoms with E-state index >= 15 is 0 Å². The van der Waals surface area contributed by atoms with Gasteiger partial charge < -0.3 is 15.0 Å². The van der Waals surface area contributed by atoms with Gasteiger partial charge in [-0.3, -0.25) is 9.69 Å². The molecule has 4 rings (SSSR count). The minimum Gasteiger partial charge on any atom is -0.497 e. The standard InChI is InChI=1S/C25H36BrN3O3/c1-32-22-7-8-23(26)19(16-22)15-18-9-12-28(13-10-18)14-11-20-17-24(30)29(25(31)27-20)21-5-3-2-4-6-21/h7-8,16,18,20-21H,2-6,9-15,17H2,1H3,(H,27,31). The van der Waals surface area contributed by atoms with Crippen molar-refractivity contribution in [2.45, 2.75) is 76.3 Å². The van der Waals surface area contributed by atoms with E-state index in [4.69, 9.17) is 4.74 Å². The van der Waals surface area contributed by atoms with Gasteiger partial charge in [0.05, 0.1) is 7.11 Å². The number of ether oxygens (including phenoxy) is 1. The van der Waals surface area contributed by atoms with Crippen LogP contribution in [0.2, 0.25) is 0 Å². The van der Waals surface area contributed by atoms with Crippen LogP contribution in [0.1, 0.15) is 63.4 Å². The third kappa shape index (κ3) is 5.84. The molecule has 1 unspecified atom stereocenters. The molecule has 2 saturated heterocycles. The van der Waals surface area contributed by atoms with Crippen molar-refractivity contribution < 1.29 is 14.3 Å². The van der Waals surface area contributed by atoms with Gasteiger partial charge in [-0.2, -0.15) is 0 Å². The van der Waals surface area contributed by atoms with Gasteiger partial charge in [0.2, 0.25) is 5.91 Å². The van der Waals surface area contributed by atoms with Crippen LogP contribution in [0, 0.1) is 5.92 Å². The fourth-order valence-corrected chi connectivity index (χ4v) is 5.91. The van der Waals surface area contributed by atoms with Gasteiger partial charge in [0.1, 0.15) is 5.75 Å². The highest BCUT2D eigenvalue weighted by Crippen LogP contribution is 2.29. The number of hydrogen-bond acceptors (Lipinski definition) is 4. The summed E-state index contributed by atoms with van der Waals surface area (Å²) in [6, 6.07) is 6.11. The van der Waals surface area contributed by atoms with Gasteiger partial charge in [0.15, 0.2) is 0 Å². The third-order valence-corrected chi connectivity index (χ3v) is 8.21. The van der Waals surface area contributed by atoms with Crippen LogP contribution in [-0.2, 0) is 11.2 Å². The Kier molecular flexibility index (Phi) is 8.11. The van der Waals surface area contributed by atoms with Gasteiger partial charge in [0.25, 0.3) is 0 Å². The number of benzene rings is 1. The van der Waals surface area contributed by atoms with Crippen molar-refractivity contribution in [3.8, 4) is 5.75 Å². The number of halogens is 1. The van der Waals surface area contributed by atoms with E-state index in [-0.39, 0.29) is 24.0 Å². The number of carbonyl (C=O) groups is 2. The molecule has 176 valence electrons. The number of carbonyl (C=O) groups excluding carboxylic acids is 2. The van der Waals surface area contributed by atoms with Crippen LogP contribution in [0.5, 0.6) is 5.75 Å². The lowest BCUT2D eigenvalue weighted by Gasteiger charge is -2.39. The second-order valence-corrected chi connectivity index (χ2v) is 10.5. The fraction of sp³-hybridized carbons (Fsp3) is 0.680. The molecule has 3 fully saturated rings. The predicted molar refractivity (Wildman–Crippen MR) is 129 cm³/mol. The quantitative estimate of drug-likeness (QED) is 0.580. The monoisotopic (exact) mass is 505 g/mol. The lowest BCUT2D eigenvalue weighted by atomic mass is 9.90. The van der Waals surface area contributed by atoms with Crippen molar-refractivity contribution in [2.75, 3.05) is 26.7 Å². The number of nitrogens with one attached hydrogen (secondary N) is 1. The Morgan fingerprint density at radius 3 is 2.53 bits per heavy atom. The first-order chi connectivity index (χ1) is 15.5. The van der Waals surface area contributed by atoms with Crippen LogP contribution < -0.4 is 10.1 Å². The van der Waals surface area contributed by atoms with E-state index in [9.17, 15) is 9.59 Å². The molecule has 0 bridgehead atoms. The average molecular weight is 506 g/mol. The van der Waals surface area contributed by atoms with Crippen molar-refractivity contribution in [3.05, 3.63) is 28.2 Å². The zero-order valence-corrected chi connectivity index (χ0v) is 20.7. The summed E-state index contributed by atoms with van der Waals surface area (Å²) >= 11 is 3.67. The number of likely N-dealkylation sites (tertiary alicyclic amines) is 1. The Labute approximate surface area is 200 Å². The lowest BCUT2D eigenvalue weighted by molar-refractivity contribution is -0.132. The maximum Gasteiger partial charge on any atom is 0.324 e. The zero-order chi connectivity index (χ0) is 22.5. The summed E-state index contributed by atoms with van der Waals surface area (Å²) < 4.78 is 6.53. The highest BCUT2D eigenvalue weighted by atomic mass is 79.9. The van der Waals surface area contributed by atoms with E-state index in [2.05, 4.69) is 38.3 Å². The Balaban J connectivity index is 1.20. The first-order valence-corrected chi connectivity index (χ1v) is 13.0. The van der Waals surface area contributed by atoms with Gasteiger partial charge in [-0.1, -0.05) is 35.2 Å². The van der Waals surface area contributed by atoms with Gasteiger partial charge >= 0.3 is 6.03 Å². The molecule has 0 radical (unpaired) electrons. The molecule has 1 atom stereocenters. The lowest BCUT2D eigenvalue weighted by Crippen LogP contribution is -2.58. The zero-order valence-electron chi connectivity index (χ0n) is 19.2. The third-order valence-electron chi connectivity index (χ3n) is 7.44. The molecule has 7 heteroatoms. The van der Waals surface area contributed by atoms with Crippen molar-refractivity contribution in [1.29, 1.82) is 0 Å². The molecule has 1 aromatic carbocycles. The van der Waals surface area contributed by atoms with Crippen LogP contribution in [0.25, 0.3) is 0 Å². The van der Waals surface area contributed by atoms with Crippen LogP contribution in [0.15, 0.2) is 22.7 Å². The maximum absolute atomic E-state index is 12.7. The number of piperidine rings is 1. The van der Waals surface area contributed by atoms with Gasteiger partial charge in [-0.05, 0) is 81.3 Å². The van der Waals surface area contributed by atoms with Crippen LogP contribution in [0.3, 0.4) is 0 Å². The van der Waals surface area contributed by atoms with Crippen molar-refractivity contribution in [2.24, 2.45) is 5.92 Å². The summed E-state index contributed by atoms with van der Waals surface area (Å²) in [5, 5.41) is 3.11. The fourth-order valence-electron chi connectivity index (χ4n) is 5.50. The summed E-state index contributed by atoms with van der Waals surface area (Å²) in [5.74, 6) is 1.61. The Morgan fingerprint density at radius 1 is 1.09 bits per heavy atom. The van der Waals surface area contributed by atoms with E-state index in [1.165, 1.54) is 29.7 Å². The molecule has 1 aliphatic carbocycles. The van der Waals surface area contributed by atoms with E-state index in [0.29, 0.717) is 12.3 Å². The SMILES string of the molecule is COc1ccc(Br)c(CC2CCN(CCC3CC(=O)N(C4CCCCC4)C(=O)N3)CC2)c1. The van der Waals surface area contributed by atoms with Crippen LogP contribution in [-0.4, -0.2) is 60.6 Å². The van der Waals surface area contributed by atoms with E-state index in [1.807, 2.05) is 6.07 Å². The van der Waals surface area contributed by atoms with E-state index in [0.717, 1.165) is 68.4 Å². The van der Waals surface area contributed by atoms with Gasteiger partial charge in [0, 0.05) is 29.5 Å². The Morgan fingerprint density at radius 2 is 1.84 bits per heavy atom. The van der Waals surface area contributed by atoms with Crippen LogP contribution in [0.4, 0.5) is 4.79 Å². The normalized spacial score (nSPS) is 23.9. The summed E-state index contributed by atoms with van der Waals surface area (Å²) in [6.07, 6.45) is 10.1. The second-order valence-electron chi connectivity index (χ2n) is 9.64. The summed E-state index contributed by atoms with van der Waals surface area (Å²) in [6.45, 7) is 3.10. The minimum absolute atomic E-state index is 0.0215. The molecule has 32 heavy (non-hydrogen) atoms. The minimum atomic E-state index is -0.166. The molecule has 1 saturated carbocycles. The molecule has 2 heterocycles. The van der Waals surface area contributed by atoms with Crippen molar-refractivity contribution >= 4 is 27.9 Å². The smallest absolute Gasteiger partial charge is 0.324 e. The first kappa shape index (κ1) is 23.6. The molecular formula is C25H36BrN3O3. The number of nitrogens with zero attached hydrogens (tertiary/aromatic N) is 2. The molecule has 1 N–H and O–H groups in total. The largest absolute Gasteiger partial charge is 0.497 e. The maximum atomic E-state index is 12.7. The average Bonchev–Trinajstić information content (AvgIpc) is 2.80. The van der Waals surface area contributed by atoms with Gasteiger partial charge in [-0.25, -0.2) is 4.79 Å².